The van der Waals surface area contributed by atoms with Crippen molar-refractivity contribution in [1.29, 1.82) is 0 Å². The maximum absolute atomic E-state index is 13.5. The average Bonchev–Trinajstić information content (AvgIpc) is 2.29. The number of nitrogens with one attached hydrogen (secondary N) is 1. The van der Waals surface area contributed by atoms with Crippen LogP contribution in [0.5, 0.6) is 5.75 Å². The zero-order valence-corrected chi connectivity index (χ0v) is 14.9. The molecule has 5 heteroatoms. The lowest BCUT2D eigenvalue weighted by Crippen LogP contribution is -2.44. The third-order valence-corrected chi connectivity index (χ3v) is 3.74. The van der Waals surface area contributed by atoms with E-state index in [2.05, 4.69) is 55.9 Å². The fourth-order valence-corrected chi connectivity index (χ4v) is 2.31. The van der Waals surface area contributed by atoms with Crippen LogP contribution in [0.1, 0.15) is 34.6 Å². The normalized spacial score (nSPS) is 13.7. The topological polar surface area (TPSA) is 21.3 Å². The lowest BCUT2D eigenvalue weighted by Gasteiger charge is -2.28. The van der Waals surface area contributed by atoms with Crippen LogP contribution in [0.2, 0.25) is 5.02 Å². The highest BCUT2D eigenvalue weighted by atomic mass is 79.9. The number of hydrogen-bond donors (Lipinski definition) is 1. The molecule has 1 rings (SSSR count). The molecule has 0 amide bonds. The minimum Gasteiger partial charge on any atom is -0.488 e. The van der Waals surface area contributed by atoms with Crippen molar-refractivity contribution in [3.8, 4) is 5.75 Å². The Morgan fingerprint density at radius 2 is 1.95 bits per heavy atom. The summed E-state index contributed by atoms with van der Waals surface area (Å²) in [4.78, 5) is 0. The highest BCUT2D eigenvalue weighted by Crippen LogP contribution is 2.31. The van der Waals surface area contributed by atoms with Gasteiger partial charge in [0, 0.05) is 18.2 Å². The molecule has 0 aliphatic rings. The van der Waals surface area contributed by atoms with Gasteiger partial charge in [-0.1, -0.05) is 25.4 Å². The van der Waals surface area contributed by atoms with Crippen molar-refractivity contribution in [2.45, 2.75) is 46.3 Å². The maximum atomic E-state index is 13.5. The zero-order chi connectivity index (χ0) is 15.5. The standard InChI is InChI=1S/C15H22BrClFNO/c1-9(2)14(8-19-15(3,4)5)20-13-7-12(18)11(17)6-10(13)16/h6-7,9,14,19H,8H2,1-5H3. The molecule has 2 nitrogen and oxygen atoms in total. The van der Waals surface area contributed by atoms with Crippen LogP contribution in [-0.4, -0.2) is 18.2 Å². The number of rotatable bonds is 5. The SMILES string of the molecule is CC(C)C(CNC(C)(C)C)Oc1cc(F)c(Cl)cc1Br. The average molecular weight is 367 g/mol. The monoisotopic (exact) mass is 365 g/mol. The molecule has 1 unspecified atom stereocenters. The van der Waals surface area contributed by atoms with Gasteiger partial charge in [0.05, 0.1) is 9.50 Å². The van der Waals surface area contributed by atoms with Crippen LogP contribution in [0, 0.1) is 11.7 Å². The predicted molar refractivity (Wildman–Crippen MR) is 86.1 cm³/mol. The minimum absolute atomic E-state index is 0.0129. The van der Waals surface area contributed by atoms with E-state index in [0.717, 1.165) is 0 Å². The first-order valence-corrected chi connectivity index (χ1v) is 7.83. The van der Waals surface area contributed by atoms with E-state index in [1.54, 1.807) is 0 Å². The molecule has 1 aromatic rings. The Morgan fingerprint density at radius 3 is 2.45 bits per heavy atom. The number of ether oxygens (including phenoxy) is 1. The summed E-state index contributed by atoms with van der Waals surface area (Å²) < 4.78 is 20.1. The van der Waals surface area contributed by atoms with Crippen molar-refractivity contribution >= 4 is 27.5 Å². The predicted octanol–water partition coefficient (Wildman–Crippen LogP) is 5.03. The Bertz CT molecular complexity index is 460. The second kappa shape index (κ2) is 7.10. The molecule has 0 heterocycles. The van der Waals surface area contributed by atoms with Crippen molar-refractivity contribution in [3.05, 3.63) is 27.4 Å². The molecule has 0 spiro atoms. The quantitative estimate of drug-likeness (QED) is 0.738. The van der Waals surface area contributed by atoms with Gasteiger partial charge in [0.1, 0.15) is 17.7 Å². The van der Waals surface area contributed by atoms with Gasteiger partial charge in [-0.25, -0.2) is 4.39 Å². The van der Waals surface area contributed by atoms with E-state index in [0.29, 0.717) is 22.7 Å². The maximum Gasteiger partial charge on any atom is 0.145 e. The van der Waals surface area contributed by atoms with Crippen molar-refractivity contribution in [2.75, 3.05) is 6.54 Å². The van der Waals surface area contributed by atoms with E-state index >= 15 is 0 Å². The summed E-state index contributed by atoms with van der Waals surface area (Å²) in [5.74, 6) is 0.299. The van der Waals surface area contributed by atoms with Gasteiger partial charge in [-0.15, -0.1) is 0 Å². The Balaban J connectivity index is 2.83. The van der Waals surface area contributed by atoms with Gasteiger partial charge in [-0.2, -0.15) is 0 Å². The van der Waals surface area contributed by atoms with Crippen molar-refractivity contribution in [3.63, 3.8) is 0 Å². The summed E-state index contributed by atoms with van der Waals surface area (Å²) in [5.41, 5.74) is 0.0129. The van der Waals surface area contributed by atoms with E-state index in [1.165, 1.54) is 12.1 Å². The van der Waals surface area contributed by atoms with Crippen LogP contribution in [-0.2, 0) is 0 Å². The lowest BCUT2D eigenvalue weighted by molar-refractivity contribution is 0.138. The van der Waals surface area contributed by atoms with Crippen LogP contribution in [0.3, 0.4) is 0 Å². The summed E-state index contributed by atoms with van der Waals surface area (Å²) in [7, 11) is 0. The van der Waals surface area contributed by atoms with E-state index < -0.39 is 5.82 Å². The van der Waals surface area contributed by atoms with Gasteiger partial charge in [0.25, 0.3) is 0 Å². The molecule has 0 aliphatic heterocycles. The van der Waals surface area contributed by atoms with Crippen LogP contribution >= 0.6 is 27.5 Å². The molecule has 0 bridgehead atoms. The molecular formula is C15H22BrClFNO. The number of hydrogen-bond acceptors (Lipinski definition) is 2. The molecule has 1 N–H and O–H groups in total. The summed E-state index contributed by atoms with van der Waals surface area (Å²) in [6, 6.07) is 2.83. The second-order valence-corrected chi connectivity index (χ2v) is 7.49. The van der Waals surface area contributed by atoms with E-state index in [9.17, 15) is 4.39 Å². The fraction of sp³-hybridized carbons (Fsp3) is 0.600. The van der Waals surface area contributed by atoms with Crippen LogP contribution in [0.15, 0.2) is 16.6 Å². The summed E-state index contributed by atoms with van der Waals surface area (Å²) in [5, 5.41) is 3.49. The molecule has 1 atom stereocenters. The first kappa shape index (κ1) is 17.7. The van der Waals surface area contributed by atoms with Gasteiger partial charge in [0.2, 0.25) is 0 Å². The van der Waals surface area contributed by atoms with E-state index in [1.807, 2.05) is 0 Å². The van der Waals surface area contributed by atoms with Crippen LogP contribution in [0.4, 0.5) is 4.39 Å². The van der Waals surface area contributed by atoms with E-state index in [4.69, 9.17) is 16.3 Å². The molecule has 0 fully saturated rings. The smallest absolute Gasteiger partial charge is 0.145 e. The Hall–Kier alpha value is -0.320. The fourth-order valence-electron chi connectivity index (χ4n) is 1.58. The second-order valence-electron chi connectivity index (χ2n) is 6.23. The summed E-state index contributed by atoms with van der Waals surface area (Å²) in [6.07, 6.45) is -0.0499. The lowest BCUT2D eigenvalue weighted by atomic mass is 10.0. The number of halogens is 3. The van der Waals surface area contributed by atoms with Gasteiger partial charge in [0.15, 0.2) is 0 Å². The van der Waals surface area contributed by atoms with Crippen molar-refractivity contribution in [2.24, 2.45) is 5.92 Å². The molecule has 0 saturated carbocycles. The van der Waals surface area contributed by atoms with Gasteiger partial charge < -0.3 is 10.1 Å². The number of benzene rings is 1. The van der Waals surface area contributed by atoms with Gasteiger partial charge in [-0.05, 0) is 48.7 Å². The third-order valence-electron chi connectivity index (χ3n) is 2.83. The largest absolute Gasteiger partial charge is 0.488 e. The third kappa shape index (κ3) is 5.58. The van der Waals surface area contributed by atoms with Crippen LogP contribution in [0.25, 0.3) is 0 Å². The molecule has 1 aromatic carbocycles. The summed E-state index contributed by atoms with van der Waals surface area (Å²) in [6.45, 7) is 11.1. The van der Waals surface area contributed by atoms with Gasteiger partial charge in [-0.3, -0.25) is 0 Å². The van der Waals surface area contributed by atoms with Crippen molar-refractivity contribution < 1.29 is 9.13 Å². The van der Waals surface area contributed by atoms with Crippen molar-refractivity contribution in [1.82, 2.24) is 5.32 Å². The summed E-state index contributed by atoms with van der Waals surface area (Å²) >= 11 is 9.09. The first-order valence-electron chi connectivity index (χ1n) is 6.66. The highest BCUT2D eigenvalue weighted by Gasteiger charge is 2.20. The van der Waals surface area contributed by atoms with Crippen LogP contribution < -0.4 is 10.1 Å². The van der Waals surface area contributed by atoms with Gasteiger partial charge >= 0.3 is 0 Å². The Labute approximate surface area is 134 Å². The van der Waals surface area contributed by atoms with E-state index in [-0.39, 0.29) is 16.7 Å². The molecule has 0 radical (unpaired) electrons. The molecular weight excluding hydrogens is 345 g/mol. The Morgan fingerprint density at radius 1 is 1.35 bits per heavy atom. The highest BCUT2D eigenvalue weighted by molar-refractivity contribution is 9.10. The first-order chi connectivity index (χ1) is 9.10. The minimum atomic E-state index is -0.476. The Kier molecular flexibility index (Phi) is 6.29. The molecule has 0 saturated heterocycles. The molecule has 114 valence electrons. The molecule has 0 aromatic heterocycles. The molecule has 0 aliphatic carbocycles. The molecule has 20 heavy (non-hydrogen) atoms. The zero-order valence-electron chi connectivity index (χ0n) is 12.6.